The van der Waals surface area contributed by atoms with E-state index in [2.05, 4.69) is 35.1 Å². The fraction of sp³-hybridized carbons (Fsp3) is 0.615. The van der Waals surface area contributed by atoms with Crippen LogP contribution in [0.2, 0.25) is 0 Å². The Morgan fingerprint density at radius 3 is 2.94 bits per heavy atom. The van der Waals surface area contributed by atoms with Crippen molar-refractivity contribution in [1.82, 2.24) is 4.98 Å². The van der Waals surface area contributed by atoms with E-state index < -0.39 is 0 Å². The number of pyridine rings is 1. The zero-order valence-corrected chi connectivity index (χ0v) is 10.8. The third-order valence-electron chi connectivity index (χ3n) is 2.97. The third kappa shape index (κ3) is 3.09. The number of aromatic nitrogens is 1. The minimum absolute atomic E-state index is 0.346. The van der Waals surface area contributed by atoms with Crippen molar-refractivity contribution >= 4 is 11.6 Å². The highest BCUT2D eigenvalue weighted by molar-refractivity contribution is 5.48. The van der Waals surface area contributed by atoms with Crippen molar-refractivity contribution in [3.63, 3.8) is 0 Å². The molecule has 1 N–H and O–H groups in total. The first-order chi connectivity index (χ1) is 8.19. The summed E-state index contributed by atoms with van der Waals surface area (Å²) in [7, 11) is 1.78. The first kappa shape index (κ1) is 12.2. The fourth-order valence-corrected chi connectivity index (χ4v) is 2.10. The van der Waals surface area contributed by atoms with Crippen molar-refractivity contribution in [3.05, 3.63) is 18.2 Å². The van der Waals surface area contributed by atoms with E-state index in [1.807, 2.05) is 12.1 Å². The van der Waals surface area contributed by atoms with Crippen LogP contribution in [0.4, 0.5) is 11.6 Å². The van der Waals surface area contributed by atoms with Crippen LogP contribution in [-0.4, -0.2) is 37.3 Å². The van der Waals surface area contributed by atoms with Crippen LogP contribution in [-0.2, 0) is 4.74 Å². The predicted molar refractivity (Wildman–Crippen MR) is 70.6 cm³/mol. The summed E-state index contributed by atoms with van der Waals surface area (Å²) in [6.07, 6.45) is 1.43. The molecule has 1 fully saturated rings. The Morgan fingerprint density at radius 2 is 2.29 bits per heavy atom. The van der Waals surface area contributed by atoms with Gasteiger partial charge in [0, 0.05) is 26.2 Å². The van der Waals surface area contributed by atoms with Crippen LogP contribution in [0.25, 0.3) is 0 Å². The van der Waals surface area contributed by atoms with Gasteiger partial charge in [-0.15, -0.1) is 0 Å². The molecule has 4 heteroatoms. The maximum atomic E-state index is 5.37. The second kappa shape index (κ2) is 5.36. The molecule has 0 aromatic carbocycles. The Labute approximate surface area is 103 Å². The van der Waals surface area contributed by atoms with Crippen molar-refractivity contribution in [1.29, 1.82) is 0 Å². The average Bonchev–Trinajstić information content (AvgIpc) is 2.77. The van der Waals surface area contributed by atoms with Crippen LogP contribution in [0, 0.1) is 0 Å². The molecular weight excluding hydrogens is 214 g/mol. The maximum absolute atomic E-state index is 5.37. The molecule has 0 saturated carbocycles. The summed E-state index contributed by atoms with van der Waals surface area (Å²) in [4.78, 5) is 6.90. The molecule has 0 radical (unpaired) electrons. The molecule has 0 amide bonds. The van der Waals surface area contributed by atoms with E-state index in [4.69, 9.17) is 4.74 Å². The first-order valence-corrected chi connectivity index (χ1v) is 6.20. The lowest BCUT2D eigenvalue weighted by atomic mass is 10.3. The van der Waals surface area contributed by atoms with E-state index in [9.17, 15) is 0 Å². The quantitative estimate of drug-likeness (QED) is 0.867. The van der Waals surface area contributed by atoms with E-state index in [0.29, 0.717) is 12.1 Å². The topological polar surface area (TPSA) is 37.4 Å². The van der Waals surface area contributed by atoms with Crippen LogP contribution in [0.1, 0.15) is 20.3 Å². The normalized spacial score (nSPS) is 20.0. The van der Waals surface area contributed by atoms with Gasteiger partial charge in [-0.25, -0.2) is 4.98 Å². The number of hydrogen-bond acceptors (Lipinski definition) is 4. The molecule has 0 unspecified atom stereocenters. The molecule has 1 saturated heterocycles. The second-order valence-corrected chi connectivity index (χ2v) is 4.77. The van der Waals surface area contributed by atoms with E-state index in [1.165, 1.54) is 0 Å². The van der Waals surface area contributed by atoms with Crippen LogP contribution in [0.5, 0.6) is 0 Å². The molecule has 0 bridgehead atoms. The van der Waals surface area contributed by atoms with Gasteiger partial charge < -0.3 is 15.0 Å². The van der Waals surface area contributed by atoms with Crippen molar-refractivity contribution in [2.75, 3.05) is 30.4 Å². The van der Waals surface area contributed by atoms with E-state index in [-0.39, 0.29) is 0 Å². The molecule has 1 atom stereocenters. The van der Waals surface area contributed by atoms with Gasteiger partial charge in [0.2, 0.25) is 0 Å². The molecule has 17 heavy (non-hydrogen) atoms. The van der Waals surface area contributed by atoms with Crippen molar-refractivity contribution in [3.8, 4) is 0 Å². The number of ether oxygens (including phenoxy) is 1. The molecule has 0 spiro atoms. The Balaban J connectivity index is 2.06. The lowest BCUT2D eigenvalue weighted by Crippen LogP contribution is -2.23. The van der Waals surface area contributed by atoms with E-state index in [1.54, 1.807) is 7.11 Å². The van der Waals surface area contributed by atoms with Gasteiger partial charge in [-0.3, -0.25) is 0 Å². The molecule has 4 nitrogen and oxygen atoms in total. The van der Waals surface area contributed by atoms with Gasteiger partial charge >= 0.3 is 0 Å². The van der Waals surface area contributed by atoms with Gasteiger partial charge in [0.1, 0.15) is 11.6 Å². The molecule has 1 aliphatic heterocycles. The molecule has 0 aliphatic carbocycles. The SMILES string of the molecule is CO[C@@H]1CCN(c2cccc(NC(C)C)n2)C1. The average molecular weight is 235 g/mol. The molecule has 1 aromatic rings. The Hall–Kier alpha value is -1.29. The van der Waals surface area contributed by atoms with E-state index in [0.717, 1.165) is 31.1 Å². The molecule has 2 rings (SSSR count). The van der Waals surface area contributed by atoms with Crippen molar-refractivity contribution < 1.29 is 4.74 Å². The minimum atomic E-state index is 0.346. The number of methoxy groups -OCH3 is 1. The zero-order chi connectivity index (χ0) is 12.3. The van der Waals surface area contributed by atoms with Gasteiger partial charge in [0.15, 0.2) is 0 Å². The number of nitrogens with one attached hydrogen (secondary N) is 1. The summed E-state index contributed by atoms with van der Waals surface area (Å²) < 4.78 is 5.37. The number of rotatable bonds is 4. The van der Waals surface area contributed by atoms with Gasteiger partial charge in [0.25, 0.3) is 0 Å². The summed E-state index contributed by atoms with van der Waals surface area (Å²) >= 11 is 0. The van der Waals surface area contributed by atoms with Gasteiger partial charge in [0.05, 0.1) is 6.10 Å². The molecule has 94 valence electrons. The lowest BCUT2D eigenvalue weighted by molar-refractivity contribution is 0.121. The Bertz CT molecular complexity index is 367. The largest absolute Gasteiger partial charge is 0.380 e. The van der Waals surface area contributed by atoms with Crippen molar-refractivity contribution in [2.24, 2.45) is 0 Å². The molecule has 2 heterocycles. The molecule has 1 aromatic heterocycles. The Morgan fingerprint density at radius 1 is 1.47 bits per heavy atom. The van der Waals surface area contributed by atoms with Crippen LogP contribution in [0.3, 0.4) is 0 Å². The monoisotopic (exact) mass is 235 g/mol. The van der Waals surface area contributed by atoms with Crippen LogP contribution < -0.4 is 10.2 Å². The standard InChI is InChI=1S/C13H21N3O/c1-10(2)14-12-5-4-6-13(15-12)16-8-7-11(9-16)17-3/h4-6,10-11H,7-9H2,1-3H3,(H,14,15)/t11-/m1/s1. The highest BCUT2D eigenvalue weighted by Gasteiger charge is 2.23. The lowest BCUT2D eigenvalue weighted by Gasteiger charge is -2.18. The number of hydrogen-bond donors (Lipinski definition) is 1. The smallest absolute Gasteiger partial charge is 0.131 e. The highest BCUT2D eigenvalue weighted by Crippen LogP contribution is 2.21. The summed E-state index contributed by atoms with van der Waals surface area (Å²) in [5.41, 5.74) is 0. The highest BCUT2D eigenvalue weighted by atomic mass is 16.5. The van der Waals surface area contributed by atoms with Gasteiger partial charge in [-0.2, -0.15) is 0 Å². The van der Waals surface area contributed by atoms with Crippen LogP contribution in [0.15, 0.2) is 18.2 Å². The van der Waals surface area contributed by atoms with E-state index >= 15 is 0 Å². The van der Waals surface area contributed by atoms with Gasteiger partial charge in [-0.1, -0.05) is 6.07 Å². The predicted octanol–water partition coefficient (Wildman–Crippen LogP) is 2.13. The minimum Gasteiger partial charge on any atom is -0.380 e. The summed E-state index contributed by atoms with van der Waals surface area (Å²) in [6, 6.07) is 6.52. The first-order valence-electron chi connectivity index (χ1n) is 6.20. The number of nitrogens with zero attached hydrogens (tertiary/aromatic N) is 2. The third-order valence-corrected chi connectivity index (χ3v) is 2.97. The Kier molecular flexibility index (Phi) is 3.84. The van der Waals surface area contributed by atoms with Crippen molar-refractivity contribution in [2.45, 2.75) is 32.4 Å². The summed E-state index contributed by atoms with van der Waals surface area (Å²) in [5, 5.41) is 3.32. The fourth-order valence-electron chi connectivity index (χ4n) is 2.10. The molecular formula is C13H21N3O. The summed E-state index contributed by atoms with van der Waals surface area (Å²) in [5.74, 6) is 1.98. The maximum Gasteiger partial charge on any atom is 0.131 e. The summed E-state index contributed by atoms with van der Waals surface area (Å²) in [6.45, 7) is 6.20. The zero-order valence-electron chi connectivity index (χ0n) is 10.8. The molecule has 1 aliphatic rings. The van der Waals surface area contributed by atoms with Gasteiger partial charge in [-0.05, 0) is 32.4 Å². The van der Waals surface area contributed by atoms with Crippen LogP contribution >= 0.6 is 0 Å². The number of anilines is 2. The second-order valence-electron chi connectivity index (χ2n) is 4.77.